The zero-order valence-electron chi connectivity index (χ0n) is 18.1. The fraction of sp³-hybridized carbons (Fsp3) is 0.318. The predicted molar refractivity (Wildman–Crippen MR) is 119 cm³/mol. The summed E-state index contributed by atoms with van der Waals surface area (Å²) in [5.74, 6) is 0.478. The van der Waals surface area contributed by atoms with Gasteiger partial charge in [-0.25, -0.2) is 18.9 Å². The number of carbonyl (C=O) groups excluding carboxylic acids is 1. The minimum absolute atomic E-state index is 0.0688. The maximum absolute atomic E-state index is 15.0. The second kappa shape index (κ2) is 8.56. The lowest BCUT2D eigenvalue weighted by atomic mass is 9.69. The van der Waals surface area contributed by atoms with Crippen LogP contribution in [0.4, 0.5) is 15.0 Å². The number of nitrogens with zero attached hydrogens (tertiary/aromatic N) is 3. The van der Waals surface area contributed by atoms with Crippen molar-refractivity contribution in [2.24, 2.45) is 0 Å². The Hall–Kier alpha value is -3.31. The maximum atomic E-state index is 15.0. The SMILES string of the molecule is CNSNc1nccc(CN2C(=O)Oc3cc(Oc4nc(C)co4)ccc3C23CCC3)c1F. The number of carbonyl (C=O) groups is 1. The molecule has 11 heteroatoms. The molecule has 0 saturated heterocycles. The summed E-state index contributed by atoms with van der Waals surface area (Å²) in [6.45, 7) is 1.86. The molecule has 1 saturated carbocycles. The van der Waals surface area contributed by atoms with Crippen LogP contribution in [-0.4, -0.2) is 28.0 Å². The Labute approximate surface area is 193 Å². The molecule has 3 aromatic rings. The van der Waals surface area contributed by atoms with Crippen LogP contribution in [0, 0.1) is 12.7 Å². The number of halogens is 1. The van der Waals surface area contributed by atoms with E-state index in [1.54, 1.807) is 37.1 Å². The number of fused-ring (bicyclic) bond motifs is 2. The number of hydrogen-bond donors (Lipinski definition) is 2. The van der Waals surface area contributed by atoms with Gasteiger partial charge in [0.1, 0.15) is 17.8 Å². The molecule has 1 fully saturated rings. The fourth-order valence-electron chi connectivity index (χ4n) is 4.20. The number of amides is 1. The van der Waals surface area contributed by atoms with Gasteiger partial charge in [0.05, 0.1) is 17.8 Å². The average molecular weight is 472 g/mol. The van der Waals surface area contributed by atoms with Crippen molar-refractivity contribution in [3.63, 3.8) is 0 Å². The monoisotopic (exact) mass is 471 g/mol. The average Bonchev–Trinajstić information content (AvgIpc) is 3.18. The molecule has 1 aliphatic carbocycles. The third kappa shape index (κ3) is 3.87. The maximum Gasteiger partial charge on any atom is 0.416 e. The van der Waals surface area contributed by atoms with Gasteiger partial charge in [0.15, 0.2) is 11.6 Å². The van der Waals surface area contributed by atoms with Crippen molar-refractivity contribution in [3.05, 3.63) is 59.4 Å². The molecule has 1 spiro atoms. The summed E-state index contributed by atoms with van der Waals surface area (Å²) in [4.78, 5) is 22.8. The van der Waals surface area contributed by atoms with Gasteiger partial charge < -0.3 is 13.9 Å². The second-order valence-corrected chi connectivity index (χ2v) is 8.71. The lowest BCUT2D eigenvalue weighted by molar-refractivity contribution is 0.00111. The van der Waals surface area contributed by atoms with Crippen molar-refractivity contribution in [1.82, 2.24) is 19.6 Å². The molecule has 5 rings (SSSR count). The van der Waals surface area contributed by atoms with E-state index in [2.05, 4.69) is 19.4 Å². The first kappa shape index (κ1) is 21.5. The van der Waals surface area contributed by atoms with Gasteiger partial charge in [-0.15, -0.1) is 0 Å². The van der Waals surface area contributed by atoms with Gasteiger partial charge >= 0.3 is 12.2 Å². The van der Waals surface area contributed by atoms with Crippen LogP contribution in [0.25, 0.3) is 0 Å². The second-order valence-electron chi connectivity index (χ2n) is 7.89. The van der Waals surface area contributed by atoms with Crippen LogP contribution < -0.4 is 18.9 Å². The Morgan fingerprint density at radius 1 is 1.33 bits per heavy atom. The number of oxazole rings is 1. The number of ether oxygens (including phenoxy) is 2. The number of anilines is 1. The highest BCUT2D eigenvalue weighted by molar-refractivity contribution is 7.98. The number of benzene rings is 1. The molecule has 172 valence electrons. The van der Waals surface area contributed by atoms with Gasteiger partial charge in [-0.05, 0) is 51.4 Å². The minimum Gasteiger partial charge on any atom is -0.417 e. The van der Waals surface area contributed by atoms with Crippen molar-refractivity contribution in [1.29, 1.82) is 0 Å². The van der Waals surface area contributed by atoms with E-state index in [9.17, 15) is 4.79 Å². The highest BCUT2D eigenvalue weighted by Gasteiger charge is 2.51. The summed E-state index contributed by atoms with van der Waals surface area (Å²) in [6.07, 6.45) is 5.09. The zero-order chi connectivity index (χ0) is 23.0. The third-order valence-corrected chi connectivity index (χ3v) is 6.42. The molecule has 0 unspecified atom stereocenters. The first-order chi connectivity index (χ1) is 16.0. The molecule has 33 heavy (non-hydrogen) atoms. The highest BCUT2D eigenvalue weighted by Crippen LogP contribution is 2.53. The van der Waals surface area contributed by atoms with Crippen molar-refractivity contribution >= 4 is 24.0 Å². The van der Waals surface area contributed by atoms with E-state index < -0.39 is 17.4 Å². The van der Waals surface area contributed by atoms with Crippen molar-refractivity contribution in [2.45, 2.75) is 38.3 Å². The predicted octanol–water partition coefficient (Wildman–Crippen LogP) is 4.90. The molecule has 3 heterocycles. The van der Waals surface area contributed by atoms with Gasteiger partial charge in [-0.1, -0.05) is 0 Å². The van der Waals surface area contributed by atoms with Gasteiger partial charge in [0, 0.05) is 35.5 Å². The van der Waals surface area contributed by atoms with Crippen LogP contribution >= 0.6 is 12.1 Å². The van der Waals surface area contributed by atoms with Gasteiger partial charge in [0.25, 0.3) is 0 Å². The molecule has 0 atom stereocenters. The van der Waals surface area contributed by atoms with E-state index in [4.69, 9.17) is 13.9 Å². The number of pyridine rings is 1. The van der Waals surface area contributed by atoms with Crippen molar-refractivity contribution in [2.75, 3.05) is 11.8 Å². The van der Waals surface area contributed by atoms with Gasteiger partial charge in [-0.3, -0.25) is 9.62 Å². The summed E-state index contributed by atoms with van der Waals surface area (Å²) in [5.41, 5.74) is 1.38. The zero-order valence-corrected chi connectivity index (χ0v) is 18.9. The quantitative estimate of drug-likeness (QED) is 0.466. The summed E-state index contributed by atoms with van der Waals surface area (Å²) >= 11 is 1.11. The van der Waals surface area contributed by atoms with Crippen LogP contribution in [0.2, 0.25) is 0 Å². The Kier molecular flexibility index (Phi) is 5.59. The molecule has 2 aromatic heterocycles. The van der Waals surface area contributed by atoms with Crippen molar-refractivity contribution in [3.8, 4) is 17.6 Å². The summed E-state index contributed by atoms with van der Waals surface area (Å²) in [5, 5.41) is 0. The molecule has 1 aromatic carbocycles. The largest absolute Gasteiger partial charge is 0.417 e. The van der Waals surface area contributed by atoms with Crippen LogP contribution in [0.15, 0.2) is 41.1 Å². The molecule has 0 radical (unpaired) electrons. The molecule has 2 N–H and O–H groups in total. The smallest absolute Gasteiger partial charge is 0.416 e. The summed E-state index contributed by atoms with van der Waals surface area (Å²) in [6, 6.07) is 6.92. The standard InChI is InChI=1S/C22H22FN5O4S/c1-13-12-30-20(26-13)31-15-4-5-16-17(10-15)32-21(29)28(22(16)7-3-8-22)11-14-6-9-25-19(18(14)23)27-33-24-2/h4-6,9-10,12,24H,3,7-8,11H2,1-2H3,(H,25,27). The van der Waals surface area contributed by atoms with E-state index in [0.717, 1.165) is 37.0 Å². The van der Waals surface area contributed by atoms with E-state index in [1.165, 1.54) is 12.5 Å². The number of aryl methyl sites for hydroxylation is 1. The first-order valence-corrected chi connectivity index (χ1v) is 11.3. The number of hydrogen-bond acceptors (Lipinski definition) is 9. The number of aromatic nitrogens is 2. The number of rotatable bonds is 7. The first-order valence-electron chi connectivity index (χ1n) is 10.5. The Bertz CT molecular complexity index is 1200. The topological polar surface area (TPSA) is 102 Å². The Morgan fingerprint density at radius 3 is 2.88 bits per heavy atom. The molecular formula is C22H22FN5O4S. The van der Waals surface area contributed by atoms with Crippen LogP contribution in [0.5, 0.6) is 17.6 Å². The van der Waals surface area contributed by atoms with Crippen molar-refractivity contribution < 1.29 is 23.1 Å². The van der Waals surface area contributed by atoms with Crippen LogP contribution in [-0.2, 0) is 12.1 Å². The van der Waals surface area contributed by atoms with Gasteiger partial charge in [0.2, 0.25) is 0 Å². The molecule has 9 nitrogen and oxygen atoms in total. The van der Waals surface area contributed by atoms with E-state index in [-0.39, 0.29) is 18.4 Å². The van der Waals surface area contributed by atoms with E-state index in [1.807, 2.05) is 6.07 Å². The number of nitrogens with one attached hydrogen (secondary N) is 2. The molecular weight excluding hydrogens is 449 g/mol. The molecule has 1 aliphatic heterocycles. The highest BCUT2D eigenvalue weighted by atomic mass is 32.2. The summed E-state index contributed by atoms with van der Waals surface area (Å²) in [7, 11) is 1.71. The van der Waals surface area contributed by atoms with E-state index >= 15 is 4.39 Å². The Morgan fingerprint density at radius 2 is 2.18 bits per heavy atom. The van der Waals surface area contributed by atoms with Crippen LogP contribution in [0.3, 0.4) is 0 Å². The summed E-state index contributed by atoms with van der Waals surface area (Å²) < 4.78 is 37.2. The fourth-order valence-corrected chi connectivity index (χ4v) is 4.54. The normalized spacial score (nSPS) is 16.2. The minimum atomic E-state index is -0.550. The van der Waals surface area contributed by atoms with Gasteiger partial charge in [-0.2, -0.15) is 4.98 Å². The lowest BCUT2D eigenvalue weighted by Crippen LogP contribution is -2.57. The molecule has 2 aliphatic rings. The van der Waals surface area contributed by atoms with Crippen LogP contribution in [0.1, 0.15) is 36.1 Å². The molecule has 0 bridgehead atoms. The third-order valence-electron chi connectivity index (χ3n) is 5.92. The van der Waals surface area contributed by atoms with E-state index in [0.29, 0.717) is 22.8 Å². The Balaban J connectivity index is 1.43. The molecule has 1 amide bonds. The lowest BCUT2D eigenvalue weighted by Gasteiger charge is -2.52.